The van der Waals surface area contributed by atoms with Crippen LogP contribution in [-0.2, 0) is 17.8 Å². The van der Waals surface area contributed by atoms with Gasteiger partial charge in [0.25, 0.3) is 0 Å². The number of methoxy groups -OCH3 is 2. The molecule has 0 radical (unpaired) electrons. The van der Waals surface area contributed by atoms with Gasteiger partial charge in [-0.2, -0.15) is 0 Å². The number of nitrogens with one attached hydrogen (secondary N) is 1. The van der Waals surface area contributed by atoms with Crippen LogP contribution in [0.5, 0.6) is 11.5 Å². The molecular formula is C18H20FNO3. The first-order chi connectivity index (χ1) is 11.1. The van der Waals surface area contributed by atoms with E-state index in [1.54, 1.807) is 44.6 Å². The highest BCUT2D eigenvalue weighted by Gasteiger charge is 2.14. The van der Waals surface area contributed by atoms with Crippen LogP contribution in [0.1, 0.15) is 16.7 Å². The summed E-state index contributed by atoms with van der Waals surface area (Å²) < 4.78 is 24.2. The SMILES string of the molecule is COc1ccc(CC(=O)NCc2ccccc2F)c(OC)c1C. The highest BCUT2D eigenvalue weighted by molar-refractivity contribution is 5.79. The van der Waals surface area contributed by atoms with Crippen LogP contribution in [0.4, 0.5) is 4.39 Å². The molecule has 0 aliphatic rings. The highest BCUT2D eigenvalue weighted by Crippen LogP contribution is 2.31. The summed E-state index contributed by atoms with van der Waals surface area (Å²) in [6.45, 7) is 2.03. The first-order valence-electron chi connectivity index (χ1n) is 7.27. The van der Waals surface area contributed by atoms with Gasteiger partial charge in [0, 0.05) is 23.2 Å². The summed E-state index contributed by atoms with van der Waals surface area (Å²) in [7, 11) is 3.14. The van der Waals surface area contributed by atoms with Crippen LogP contribution < -0.4 is 14.8 Å². The third-order valence-corrected chi connectivity index (χ3v) is 3.65. The van der Waals surface area contributed by atoms with Gasteiger partial charge in [0.1, 0.15) is 17.3 Å². The second-order valence-electron chi connectivity index (χ2n) is 5.13. The Morgan fingerprint density at radius 1 is 1.09 bits per heavy atom. The molecule has 0 bridgehead atoms. The lowest BCUT2D eigenvalue weighted by molar-refractivity contribution is -0.120. The summed E-state index contributed by atoms with van der Waals surface area (Å²) >= 11 is 0. The molecule has 0 aromatic heterocycles. The first-order valence-corrected chi connectivity index (χ1v) is 7.27. The molecule has 0 heterocycles. The standard InChI is InChI=1S/C18H20FNO3/c1-12-16(22-2)9-8-13(18(12)23-3)10-17(21)20-11-14-6-4-5-7-15(14)19/h4-9H,10-11H2,1-3H3,(H,20,21). The maximum atomic E-state index is 13.5. The van der Waals surface area contributed by atoms with Crippen molar-refractivity contribution in [2.24, 2.45) is 0 Å². The number of hydrogen-bond donors (Lipinski definition) is 1. The molecule has 0 saturated carbocycles. The molecule has 0 saturated heterocycles. The van der Waals surface area contributed by atoms with Gasteiger partial charge < -0.3 is 14.8 Å². The quantitative estimate of drug-likeness (QED) is 0.891. The van der Waals surface area contributed by atoms with Crippen LogP contribution in [-0.4, -0.2) is 20.1 Å². The maximum absolute atomic E-state index is 13.5. The molecular weight excluding hydrogens is 297 g/mol. The van der Waals surface area contributed by atoms with E-state index in [0.29, 0.717) is 17.1 Å². The Morgan fingerprint density at radius 3 is 2.48 bits per heavy atom. The third kappa shape index (κ3) is 4.00. The lowest BCUT2D eigenvalue weighted by Gasteiger charge is -2.14. The lowest BCUT2D eigenvalue weighted by Crippen LogP contribution is -2.25. The van der Waals surface area contributed by atoms with Gasteiger partial charge in [0.15, 0.2) is 0 Å². The minimum atomic E-state index is -0.328. The molecule has 0 fully saturated rings. The van der Waals surface area contributed by atoms with Gasteiger partial charge in [0.2, 0.25) is 5.91 Å². The smallest absolute Gasteiger partial charge is 0.224 e. The summed E-state index contributed by atoms with van der Waals surface area (Å²) in [6.07, 6.45) is 0.155. The molecule has 0 aliphatic heterocycles. The van der Waals surface area contributed by atoms with Crippen LogP contribution in [0.3, 0.4) is 0 Å². The molecule has 0 spiro atoms. The van der Waals surface area contributed by atoms with Crippen molar-refractivity contribution in [3.63, 3.8) is 0 Å². The molecule has 1 amide bonds. The minimum absolute atomic E-state index is 0.155. The van der Waals surface area contributed by atoms with E-state index in [4.69, 9.17) is 9.47 Å². The first kappa shape index (κ1) is 16.8. The van der Waals surface area contributed by atoms with Gasteiger partial charge in [-0.05, 0) is 19.1 Å². The molecule has 2 aromatic rings. The van der Waals surface area contributed by atoms with Gasteiger partial charge in [-0.1, -0.05) is 24.3 Å². The van der Waals surface area contributed by atoms with Crippen LogP contribution in [0.15, 0.2) is 36.4 Å². The normalized spacial score (nSPS) is 10.3. The van der Waals surface area contributed by atoms with Crippen molar-refractivity contribution < 1.29 is 18.7 Å². The number of ether oxygens (including phenoxy) is 2. The topological polar surface area (TPSA) is 47.6 Å². The predicted octanol–water partition coefficient (Wildman–Crippen LogP) is 3.01. The second-order valence-corrected chi connectivity index (χ2v) is 5.13. The number of benzene rings is 2. The van der Waals surface area contributed by atoms with Gasteiger partial charge >= 0.3 is 0 Å². The fourth-order valence-electron chi connectivity index (χ4n) is 2.45. The van der Waals surface area contributed by atoms with E-state index in [0.717, 1.165) is 11.1 Å². The van der Waals surface area contributed by atoms with E-state index >= 15 is 0 Å². The molecule has 23 heavy (non-hydrogen) atoms. The Morgan fingerprint density at radius 2 is 1.83 bits per heavy atom. The van der Waals surface area contributed by atoms with E-state index in [1.165, 1.54) is 6.07 Å². The summed E-state index contributed by atoms with van der Waals surface area (Å²) in [5.74, 6) is 0.810. The van der Waals surface area contributed by atoms with E-state index in [2.05, 4.69) is 5.32 Å². The van der Waals surface area contributed by atoms with Crippen LogP contribution in [0, 0.1) is 12.7 Å². The second kappa shape index (κ2) is 7.63. The zero-order valence-electron chi connectivity index (χ0n) is 13.5. The van der Waals surface area contributed by atoms with Crippen LogP contribution in [0.2, 0.25) is 0 Å². The monoisotopic (exact) mass is 317 g/mol. The molecule has 2 aromatic carbocycles. The van der Waals surface area contributed by atoms with Gasteiger partial charge in [-0.3, -0.25) is 4.79 Å². The Kier molecular flexibility index (Phi) is 5.57. The van der Waals surface area contributed by atoms with Crippen LogP contribution >= 0.6 is 0 Å². The number of hydrogen-bond acceptors (Lipinski definition) is 3. The van der Waals surface area contributed by atoms with E-state index in [-0.39, 0.29) is 24.7 Å². The Balaban J connectivity index is 2.06. The average molecular weight is 317 g/mol. The van der Waals surface area contributed by atoms with Gasteiger partial charge in [-0.25, -0.2) is 4.39 Å². The van der Waals surface area contributed by atoms with Crippen molar-refractivity contribution in [2.45, 2.75) is 19.9 Å². The number of carbonyl (C=O) groups excluding carboxylic acids is 1. The summed E-state index contributed by atoms with van der Waals surface area (Å²) in [5.41, 5.74) is 2.06. The molecule has 2 rings (SSSR count). The summed E-state index contributed by atoms with van der Waals surface area (Å²) in [4.78, 5) is 12.1. The van der Waals surface area contributed by atoms with Gasteiger partial charge in [-0.15, -0.1) is 0 Å². The van der Waals surface area contributed by atoms with Crippen molar-refractivity contribution in [1.29, 1.82) is 0 Å². The number of halogens is 1. The maximum Gasteiger partial charge on any atom is 0.224 e. The molecule has 4 nitrogen and oxygen atoms in total. The fraction of sp³-hybridized carbons (Fsp3) is 0.278. The zero-order valence-corrected chi connectivity index (χ0v) is 13.5. The lowest BCUT2D eigenvalue weighted by atomic mass is 10.1. The molecule has 1 N–H and O–H groups in total. The van der Waals surface area contributed by atoms with Crippen molar-refractivity contribution in [3.8, 4) is 11.5 Å². The van der Waals surface area contributed by atoms with E-state index < -0.39 is 0 Å². The van der Waals surface area contributed by atoms with Crippen LogP contribution in [0.25, 0.3) is 0 Å². The summed E-state index contributed by atoms with van der Waals surface area (Å²) in [6, 6.07) is 9.97. The Bertz CT molecular complexity index is 701. The third-order valence-electron chi connectivity index (χ3n) is 3.65. The zero-order chi connectivity index (χ0) is 16.8. The molecule has 0 aliphatic carbocycles. The van der Waals surface area contributed by atoms with Crippen molar-refractivity contribution in [1.82, 2.24) is 5.32 Å². The number of amides is 1. The average Bonchev–Trinajstić information content (AvgIpc) is 2.54. The fourth-order valence-corrected chi connectivity index (χ4v) is 2.45. The predicted molar refractivity (Wildman–Crippen MR) is 86.2 cm³/mol. The van der Waals surface area contributed by atoms with E-state index in [9.17, 15) is 9.18 Å². The van der Waals surface area contributed by atoms with Crippen molar-refractivity contribution >= 4 is 5.91 Å². The molecule has 122 valence electrons. The molecule has 0 unspecified atom stereocenters. The largest absolute Gasteiger partial charge is 0.496 e. The number of rotatable bonds is 6. The Hall–Kier alpha value is -2.56. The molecule has 0 atom stereocenters. The minimum Gasteiger partial charge on any atom is -0.496 e. The molecule has 5 heteroatoms. The van der Waals surface area contributed by atoms with Gasteiger partial charge in [0.05, 0.1) is 20.6 Å². The summed E-state index contributed by atoms with van der Waals surface area (Å²) in [5, 5.41) is 2.72. The Labute approximate surface area is 135 Å². The number of carbonyl (C=O) groups is 1. The van der Waals surface area contributed by atoms with Crippen molar-refractivity contribution in [2.75, 3.05) is 14.2 Å². The highest BCUT2D eigenvalue weighted by atomic mass is 19.1. The van der Waals surface area contributed by atoms with Crippen molar-refractivity contribution in [3.05, 3.63) is 58.9 Å². The van der Waals surface area contributed by atoms with E-state index in [1.807, 2.05) is 6.92 Å².